The van der Waals surface area contributed by atoms with Crippen LogP contribution in [0.15, 0.2) is 42.5 Å². The first kappa shape index (κ1) is 25.3. The van der Waals surface area contributed by atoms with Crippen molar-refractivity contribution in [3.8, 4) is 11.8 Å². The third-order valence-electron chi connectivity index (χ3n) is 7.36. The maximum atomic E-state index is 14.7. The lowest BCUT2D eigenvalue weighted by Crippen LogP contribution is -2.15. The summed E-state index contributed by atoms with van der Waals surface area (Å²) in [6, 6.07) is 9.80. The second kappa shape index (κ2) is 11.8. The van der Waals surface area contributed by atoms with Crippen molar-refractivity contribution in [2.24, 2.45) is 11.8 Å². The molecule has 0 unspecified atom stereocenters. The molecule has 1 fully saturated rings. The number of halogens is 4. The second-order valence-electron chi connectivity index (χ2n) is 9.90. The Morgan fingerprint density at radius 2 is 1.43 bits per heavy atom. The summed E-state index contributed by atoms with van der Waals surface area (Å²) in [6.07, 6.45) is 11.9. The first-order valence-corrected chi connectivity index (χ1v) is 12.8. The molecule has 35 heavy (non-hydrogen) atoms. The van der Waals surface area contributed by atoms with Crippen LogP contribution in [0.2, 0.25) is 0 Å². The largest absolute Gasteiger partial charge is 0.206 e. The minimum absolute atomic E-state index is 0.141. The molecule has 0 heterocycles. The molecule has 4 rings (SSSR count). The molecular weight excluding hydrogens is 448 g/mol. The van der Waals surface area contributed by atoms with E-state index >= 15 is 0 Å². The summed E-state index contributed by atoms with van der Waals surface area (Å²) in [5.41, 5.74) is 0.863. The van der Waals surface area contributed by atoms with Crippen LogP contribution in [0, 0.1) is 46.9 Å². The number of unbranched alkanes of at least 4 members (excludes halogenated alkanes) is 2. The lowest BCUT2D eigenvalue weighted by atomic mass is 9.78. The van der Waals surface area contributed by atoms with Crippen molar-refractivity contribution < 1.29 is 17.6 Å². The van der Waals surface area contributed by atoms with Gasteiger partial charge in [-0.2, -0.15) is 0 Å². The van der Waals surface area contributed by atoms with Gasteiger partial charge in [-0.1, -0.05) is 82.3 Å². The summed E-state index contributed by atoms with van der Waals surface area (Å²) in [5.74, 6) is 3.64. The Balaban J connectivity index is 1.37. The number of benzene rings is 3. The Kier molecular flexibility index (Phi) is 8.50. The van der Waals surface area contributed by atoms with Gasteiger partial charge in [0.15, 0.2) is 11.6 Å². The van der Waals surface area contributed by atoms with E-state index in [1.54, 1.807) is 6.07 Å². The van der Waals surface area contributed by atoms with E-state index in [-0.39, 0.29) is 10.9 Å². The number of rotatable bonds is 7. The average molecular weight is 481 g/mol. The van der Waals surface area contributed by atoms with E-state index in [9.17, 15) is 17.6 Å². The van der Waals surface area contributed by atoms with Gasteiger partial charge >= 0.3 is 0 Å². The number of aryl methyl sites for hydroxylation is 1. The Bertz CT molecular complexity index is 1200. The maximum Gasteiger partial charge on any atom is 0.166 e. The fourth-order valence-electron chi connectivity index (χ4n) is 5.23. The zero-order valence-electron chi connectivity index (χ0n) is 20.3. The van der Waals surface area contributed by atoms with Crippen molar-refractivity contribution in [1.82, 2.24) is 0 Å². The van der Waals surface area contributed by atoms with Gasteiger partial charge in [0.05, 0.1) is 5.56 Å². The third-order valence-corrected chi connectivity index (χ3v) is 7.36. The molecule has 0 spiro atoms. The summed E-state index contributed by atoms with van der Waals surface area (Å²) in [7, 11) is 0. The highest BCUT2D eigenvalue weighted by molar-refractivity contribution is 5.84. The number of hydrogen-bond donors (Lipinski definition) is 0. The van der Waals surface area contributed by atoms with Gasteiger partial charge in [-0.25, -0.2) is 17.6 Å². The van der Waals surface area contributed by atoms with Crippen LogP contribution < -0.4 is 0 Å². The zero-order valence-corrected chi connectivity index (χ0v) is 20.3. The molecule has 184 valence electrons. The van der Waals surface area contributed by atoms with Gasteiger partial charge in [0.2, 0.25) is 0 Å². The smallest absolute Gasteiger partial charge is 0.166 e. The minimum Gasteiger partial charge on any atom is -0.206 e. The van der Waals surface area contributed by atoms with E-state index in [4.69, 9.17) is 0 Å². The molecule has 3 aromatic carbocycles. The van der Waals surface area contributed by atoms with Gasteiger partial charge in [-0.15, -0.1) is 0 Å². The molecule has 0 radical (unpaired) electrons. The molecule has 1 aliphatic rings. The van der Waals surface area contributed by atoms with E-state index < -0.39 is 23.3 Å². The Hall–Kier alpha value is -2.80. The van der Waals surface area contributed by atoms with Crippen LogP contribution in [0.3, 0.4) is 0 Å². The van der Waals surface area contributed by atoms with Crippen LogP contribution in [-0.4, -0.2) is 0 Å². The molecule has 3 aromatic rings. The highest BCUT2D eigenvalue weighted by Crippen LogP contribution is 2.34. The van der Waals surface area contributed by atoms with E-state index in [1.807, 2.05) is 0 Å². The van der Waals surface area contributed by atoms with Crippen molar-refractivity contribution >= 4 is 10.8 Å². The van der Waals surface area contributed by atoms with E-state index in [1.165, 1.54) is 81.7 Å². The fraction of sp³-hybridized carbons (Fsp3) is 0.419. The average Bonchev–Trinajstić information content (AvgIpc) is 2.85. The quantitative estimate of drug-likeness (QED) is 0.180. The van der Waals surface area contributed by atoms with E-state index in [0.29, 0.717) is 28.9 Å². The second-order valence-corrected chi connectivity index (χ2v) is 9.90. The van der Waals surface area contributed by atoms with Gasteiger partial charge in [-0.3, -0.25) is 0 Å². The van der Waals surface area contributed by atoms with Crippen LogP contribution in [0.5, 0.6) is 0 Å². The standard InChI is InChI=1S/C31H32F4/c1-2-3-4-5-21-6-8-22(9-7-21)10-11-24-19-29(33)27(30(34)20-24)16-13-23-12-15-26-25(18-23)14-17-28(32)31(26)35/h12,14-15,17-22H,2-11H2,1H3. The zero-order chi connectivity index (χ0) is 24.8. The van der Waals surface area contributed by atoms with E-state index in [0.717, 1.165) is 18.4 Å². The molecule has 0 bridgehead atoms. The molecule has 1 saturated carbocycles. The monoisotopic (exact) mass is 480 g/mol. The summed E-state index contributed by atoms with van der Waals surface area (Å²) in [6.45, 7) is 2.24. The first-order chi connectivity index (χ1) is 16.9. The molecule has 0 nitrogen and oxygen atoms in total. The molecule has 4 heteroatoms. The first-order valence-electron chi connectivity index (χ1n) is 12.8. The molecule has 0 saturated heterocycles. The Labute approximate surface area is 205 Å². The van der Waals surface area contributed by atoms with Crippen LogP contribution in [0.25, 0.3) is 10.8 Å². The molecule has 0 amide bonds. The Morgan fingerprint density at radius 3 is 2.11 bits per heavy atom. The Morgan fingerprint density at radius 1 is 0.743 bits per heavy atom. The highest BCUT2D eigenvalue weighted by atomic mass is 19.2. The summed E-state index contributed by atoms with van der Waals surface area (Å²) in [4.78, 5) is 0. The summed E-state index contributed by atoms with van der Waals surface area (Å²) >= 11 is 0. The topological polar surface area (TPSA) is 0 Å². The molecule has 0 atom stereocenters. The van der Waals surface area contributed by atoms with Crippen LogP contribution in [0.1, 0.15) is 81.4 Å². The van der Waals surface area contributed by atoms with Crippen molar-refractivity contribution in [2.45, 2.75) is 71.1 Å². The highest BCUT2D eigenvalue weighted by Gasteiger charge is 2.21. The molecule has 0 aliphatic heterocycles. The third kappa shape index (κ3) is 6.45. The predicted molar refractivity (Wildman–Crippen MR) is 134 cm³/mol. The van der Waals surface area contributed by atoms with Crippen LogP contribution in [0.4, 0.5) is 17.6 Å². The van der Waals surface area contributed by atoms with Crippen LogP contribution >= 0.6 is 0 Å². The van der Waals surface area contributed by atoms with Gasteiger partial charge in [0.25, 0.3) is 0 Å². The molecule has 1 aliphatic carbocycles. The van der Waals surface area contributed by atoms with Crippen molar-refractivity contribution in [2.75, 3.05) is 0 Å². The molecular formula is C31H32F4. The summed E-state index contributed by atoms with van der Waals surface area (Å²) < 4.78 is 56.6. The normalized spacial score (nSPS) is 17.9. The van der Waals surface area contributed by atoms with Crippen molar-refractivity contribution in [1.29, 1.82) is 0 Å². The van der Waals surface area contributed by atoms with Gasteiger partial charge in [0, 0.05) is 10.9 Å². The van der Waals surface area contributed by atoms with Crippen molar-refractivity contribution in [3.63, 3.8) is 0 Å². The SMILES string of the molecule is CCCCCC1CCC(CCc2cc(F)c(C#Cc3ccc4c(F)c(F)ccc4c3)c(F)c2)CC1. The van der Waals surface area contributed by atoms with Gasteiger partial charge in [0.1, 0.15) is 11.6 Å². The minimum atomic E-state index is -0.922. The maximum absolute atomic E-state index is 14.7. The lowest BCUT2D eigenvalue weighted by Gasteiger charge is -2.28. The fourth-order valence-corrected chi connectivity index (χ4v) is 5.23. The molecule has 0 N–H and O–H groups in total. The number of fused-ring (bicyclic) bond motifs is 1. The van der Waals surface area contributed by atoms with E-state index in [2.05, 4.69) is 18.8 Å². The van der Waals surface area contributed by atoms with Gasteiger partial charge in [-0.05, 0) is 66.0 Å². The summed E-state index contributed by atoms with van der Waals surface area (Å²) in [5, 5.41) is 0.615. The lowest BCUT2D eigenvalue weighted by molar-refractivity contribution is 0.249. The molecule has 0 aromatic heterocycles. The van der Waals surface area contributed by atoms with Crippen molar-refractivity contribution in [3.05, 3.63) is 82.4 Å². The number of hydrogen-bond acceptors (Lipinski definition) is 0. The van der Waals surface area contributed by atoms with Gasteiger partial charge < -0.3 is 0 Å². The van der Waals surface area contributed by atoms with Crippen LogP contribution in [-0.2, 0) is 6.42 Å². The predicted octanol–water partition coefficient (Wildman–Crippen LogP) is 9.12.